The molecule has 2 aromatic carbocycles. The van der Waals surface area contributed by atoms with Crippen LogP contribution in [0.15, 0.2) is 42.5 Å². The summed E-state index contributed by atoms with van der Waals surface area (Å²) in [6.07, 6.45) is 0.776. The van der Waals surface area contributed by atoms with Gasteiger partial charge in [-0.05, 0) is 37.1 Å². The molecule has 0 aliphatic carbocycles. The van der Waals surface area contributed by atoms with Crippen molar-refractivity contribution in [1.29, 1.82) is 0 Å². The fourth-order valence-corrected chi connectivity index (χ4v) is 5.20. The van der Waals surface area contributed by atoms with Crippen molar-refractivity contribution < 1.29 is 14.3 Å². The second-order valence-electron chi connectivity index (χ2n) is 8.79. The minimum atomic E-state index is -0.0488. The molecule has 164 valence electrons. The first-order valence-electron chi connectivity index (χ1n) is 11.3. The van der Waals surface area contributed by atoms with Crippen LogP contribution in [0.5, 0.6) is 5.75 Å². The van der Waals surface area contributed by atoms with Gasteiger partial charge in [-0.15, -0.1) is 0 Å². The Morgan fingerprint density at radius 2 is 1.81 bits per heavy atom. The Bertz CT molecular complexity index is 940. The Kier molecular flexibility index (Phi) is 5.48. The second-order valence-corrected chi connectivity index (χ2v) is 8.79. The predicted molar refractivity (Wildman–Crippen MR) is 122 cm³/mol. The number of methoxy groups -OCH3 is 1. The molecule has 3 aliphatic rings. The van der Waals surface area contributed by atoms with E-state index >= 15 is 0 Å². The van der Waals surface area contributed by atoms with Gasteiger partial charge in [0.2, 0.25) is 5.91 Å². The third-order valence-electron chi connectivity index (χ3n) is 6.96. The summed E-state index contributed by atoms with van der Waals surface area (Å²) in [6, 6.07) is 15.2. The van der Waals surface area contributed by atoms with Crippen molar-refractivity contribution in [3.63, 3.8) is 0 Å². The number of hydrogen-bond acceptors (Lipinski definition) is 5. The van der Waals surface area contributed by atoms with E-state index in [2.05, 4.69) is 53.1 Å². The molecule has 31 heavy (non-hydrogen) atoms. The highest BCUT2D eigenvalue weighted by Gasteiger charge is 2.43. The summed E-state index contributed by atoms with van der Waals surface area (Å²) >= 11 is 0. The number of carbonyl (C=O) groups is 1. The predicted octanol–water partition coefficient (Wildman–Crippen LogP) is 2.73. The second kappa shape index (κ2) is 8.42. The van der Waals surface area contributed by atoms with Gasteiger partial charge in [-0.25, -0.2) is 0 Å². The Morgan fingerprint density at radius 1 is 1.03 bits per heavy atom. The van der Waals surface area contributed by atoms with Gasteiger partial charge in [0.05, 0.1) is 32.3 Å². The maximum absolute atomic E-state index is 13.6. The van der Waals surface area contributed by atoms with Crippen LogP contribution in [0.1, 0.15) is 11.1 Å². The van der Waals surface area contributed by atoms with Crippen LogP contribution < -0.4 is 14.5 Å². The number of benzene rings is 2. The smallest absolute Gasteiger partial charge is 0.228 e. The molecule has 2 unspecified atom stereocenters. The molecule has 2 saturated heterocycles. The standard InChI is InChI=1S/C25H31N3O3/c1-18-3-6-20(7-4-18)27-9-10-28-23-16-21(30-2)8-5-19(23)15-22(24(28)17-27)25(29)26-11-13-31-14-12-26/h3-8,16,22,24H,9-15,17H2,1-2H3. The average Bonchev–Trinajstić information content (AvgIpc) is 2.83. The lowest BCUT2D eigenvalue weighted by Crippen LogP contribution is -2.62. The van der Waals surface area contributed by atoms with Gasteiger partial charge in [0, 0.05) is 50.2 Å². The lowest BCUT2D eigenvalue weighted by atomic mass is 9.82. The van der Waals surface area contributed by atoms with Crippen molar-refractivity contribution in [2.24, 2.45) is 5.92 Å². The molecular weight excluding hydrogens is 390 g/mol. The van der Waals surface area contributed by atoms with Crippen LogP contribution in [0.3, 0.4) is 0 Å². The Morgan fingerprint density at radius 3 is 2.55 bits per heavy atom. The van der Waals surface area contributed by atoms with Crippen molar-refractivity contribution in [2.75, 3.05) is 62.8 Å². The molecule has 0 spiro atoms. The molecular formula is C25H31N3O3. The first kappa shape index (κ1) is 20.2. The van der Waals surface area contributed by atoms with E-state index in [-0.39, 0.29) is 17.9 Å². The largest absolute Gasteiger partial charge is 0.497 e. The van der Waals surface area contributed by atoms with Crippen molar-refractivity contribution >= 4 is 17.3 Å². The zero-order valence-electron chi connectivity index (χ0n) is 18.4. The summed E-state index contributed by atoms with van der Waals surface area (Å²) < 4.78 is 11.0. The number of nitrogens with zero attached hydrogens (tertiary/aromatic N) is 3. The lowest BCUT2D eigenvalue weighted by Gasteiger charge is -2.50. The van der Waals surface area contributed by atoms with Gasteiger partial charge in [-0.1, -0.05) is 23.8 Å². The van der Waals surface area contributed by atoms with Gasteiger partial charge in [-0.3, -0.25) is 4.79 Å². The topological polar surface area (TPSA) is 45.2 Å². The van der Waals surface area contributed by atoms with Crippen LogP contribution in [0.4, 0.5) is 11.4 Å². The van der Waals surface area contributed by atoms with Crippen LogP contribution in [0, 0.1) is 12.8 Å². The number of fused-ring (bicyclic) bond motifs is 3. The summed E-state index contributed by atoms with van der Waals surface area (Å²) in [6.45, 7) is 7.45. The monoisotopic (exact) mass is 421 g/mol. The van der Waals surface area contributed by atoms with E-state index in [9.17, 15) is 4.79 Å². The third-order valence-corrected chi connectivity index (χ3v) is 6.96. The maximum atomic E-state index is 13.6. The van der Waals surface area contributed by atoms with E-state index in [1.165, 1.54) is 22.5 Å². The first-order chi connectivity index (χ1) is 15.1. The number of carbonyl (C=O) groups excluding carboxylic acids is 1. The van der Waals surface area contributed by atoms with Crippen molar-refractivity contribution in [2.45, 2.75) is 19.4 Å². The maximum Gasteiger partial charge on any atom is 0.228 e. The van der Waals surface area contributed by atoms with Crippen LogP contribution in [-0.4, -0.2) is 69.9 Å². The highest BCUT2D eigenvalue weighted by Crippen LogP contribution is 2.39. The lowest BCUT2D eigenvalue weighted by molar-refractivity contribution is -0.140. The zero-order chi connectivity index (χ0) is 21.4. The van der Waals surface area contributed by atoms with E-state index in [1.54, 1.807) is 7.11 Å². The molecule has 0 aromatic heterocycles. The van der Waals surface area contributed by atoms with Crippen molar-refractivity contribution in [1.82, 2.24) is 4.90 Å². The number of anilines is 2. The van der Waals surface area contributed by atoms with Gasteiger partial charge < -0.3 is 24.2 Å². The Labute approximate surface area is 184 Å². The van der Waals surface area contributed by atoms with E-state index in [1.807, 2.05) is 11.0 Å². The fourth-order valence-electron chi connectivity index (χ4n) is 5.20. The molecule has 3 heterocycles. The van der Waals surface area contributed by atoms with Crippen LogP contribution >= 0.6 is 0 Å². The van der Waals surface area contributed by atoms with Crippen molar-refractivity contribution in [3.8, 4) is 5.75 Å². The average molecular weight is 422 g/mol. The number of aryl methyl sites for hydroxylation is 1. The van der Waals surface area contributed by atoms with Gasteiger partial charge in [0.15, 0.2) is 0 Å². The Balaban J connectivity index is 1.47. The molecule has 5 rings (SSSR count). The van der Waals surface area contributed by atoms with E-state index < -0.39 is 0 Å². The Hall–Kier alpha value is -2.73. The third kappa shape index (κ3) is 3.85. The van der Waals surface area contributed by atoms with E-state index in [0.29, 0.717) is 26.3 Å². The number of hydrogen-bond donors (Lipinski definition) is 0. The van der Waals surface area contributed by atoms with Gasteiger partial charge >= 0.3 is 0 Å². The van der Waals surface area contributed by atoms with E-state index in [0.717, 1.165) is 31.8 Å². The first-order valence-corrected chi connectivity index (χ1v) is 11.3. The van der Waals surface area contributed by atoms with Gasteiger partial charge in [-0.2, -0.15) is 0 Å². The summed E-state index contributed by atoms with van der Waals surface area (Å²) in [4.78, 5) is 20.5. The summed E-state index contributed by atoms with van der Waals surface area (Å²) in [5.74, 6) is 1.09. The van der Waals surface area contributed by atoms with Gasteiger partial charge in [0.25, 0.3) is 0 Å². The molecule has 0 bridgehead atoms. The SMILES string of the molecule is COc1ccc2c(c1)N1CCN(c3ccc(C)cc3)CC1C(C(=O)N1CCOCC1)C2. The fraction of sp³-hybridized carbons (Fsp3) is 0.480. The molecule has 0 saturated carbocycles. The molecule has 0 radical (unpaired) electrons. The van der Waals surface area contributed by atoms with E-state index in [4.69, 9.17) is 9.47 Å². The molecule has 6 heteroatoms. The zero-order valence-corrected chi connectivity index (χ0v) is 18.4. The summed E-state index contributed by atoms with van der Waals surface area (Å²) in [5, 5.41) is 0. The number of ether oxygens (including phenoxy) is 2. The molecule has 2 aromatic rings. The summed E-state index contributed by atoms with van der Waals surface area (Å²) in [5.41, 5.74) is 4.96. The normalized spacial score (nSPS) is 23.2. The molecule has 0 N–H and O–H groups in total. The van der Waals surface area contributed by atoms with Crippen LogP contribution in [0.2, 0.25) is 0 Å². The minimum Gasteiger partial charge on any atom is -0.497 e. The summed E-state index contributed by atoms with van der Waals surface area (Å²) in [7, 11) is 1.71. The number of rotatable bonds is 3. The molecule has 1 amide bonds. The molecule has 3 aliphatic heterocycles. The highest BCUT2D eigenvalue weighted by molar-refractivity contribution is 5.83. The molecule has 2 fully saturated rings. The van der Waals surface area contributed by atoms with Crippen LogP contribution in [0.25, 0.3) is 0 Å². The quantitative estimate of drug-likeness (QED) is 0.763. The number of piperazine rings is 1. The number of amides is 1. The molecule has 2 atom stereocenters. The number of morpholine rings is 1. The van der Waals surface area contributed by atoms with Gasteiger partial charge in [0.1, 0.15) is 5.75 Å². The highest BCUT2D eigenvalue weighted by atomic mass is 16.5. The van der Waals surface area contributed by atoms with Crippen LogP contribution in [-0.2, 0) is 16.0 Å². The minimum absolute atomic E-state index is 0.0488. The van der Waals surface area contributed by atoms with Crippen molar-refractivity contribution in [3.05, 3.63) is 53.6 Å². The molecule has 6 nitrogen and oxygen atoms in total.